The Hall–Kier alpha value is -3.47. The number of carbonyl (C=O) groups is 4. The normalized spacial score (nSPS) is 14.6. The summed E-state index contributed by atoms with van der Waals surface area (Å²) >= 11 is 13.0. The van der Waals surface area contributed by atoms with Gasteiger partial charge in [-0.3, -0.25) is 14.9 Å². The highest BCUT2D eigenvalue weighted by molar-refractivity contribution is 9.11. The number of rotatable bonds is 6. The highest BCUT2D eigenvalue weighted by Gasteiger charge is 2.37. The van der Waals surface area contributed by atoms with Crippen molar-refractivity contribution in [2.75, 3.05) is 4.90 Å². The van der Waals surface area contributed by atoms with Gasteiger partial charge < -0.3 is 9.84 Å². The molecule has 0 bridgehead atoms. The Balaban J connectivity index is 1.59. The molecule has 0 unspecified atom stereocenters. The van der Waals surface area contributed by atoms with Crippen LogP contribution in [0.15, 0.2) is 69.1 Å². The highest BCUT2D eigenvalue weighted by Crippen LogP contribution is 2.36. The van der Waals surface area contributed by atoms with Crippen LogP contribution in [0.5, 0.6) is 5.75 Å². The molecule has 1 saturated heterocycles. The fourth-order valence-corrected chi connectivity index (χ4v) is 5.18. The smallest absolute Gasteiger partial charge is 0.335 e. The minimum atomic E-state index is -1.01. The molecule has 0 aromatic heterocycles. The first-order valence-corrected chi connectivity index (χ1v) is 12.6. The third-order valence-electron chi connectivity index (χ3n) is 5.43. The molecule has 1 aliphatic heterocycles. The summed E-state index contributed by atoms with van der Waals surface area (Å²) in [6.45, 7) is 1.90. The van der Waals surface area contributed by atoms with Gasteiger partial charge in [0, 0.05) is 5.02 Å². The average Bonchev–Trinajstić information content (AvgIpc) is 2.83. The number of imide groups is 2. The largest absolute Gasteiger partial charge is 0.487 e. The van der Waals surface area contributed by atoms with Gasteiger partial charge in [0.15, 0.2) is 0 Å². The molecule has 4 amide bonds. The number of nitrogens with zero attached hydrogens (tertiary/aromatic N) is 1. The molecular weight excluding hydrogens is 632 g/mol. The van der Waals surface area contributed by atoms with Gasteiger partial charge in [0.25, 0.3) is 11.8 Å². The Morgan fingerprint density at radius 3 is 2.32 bits per heavy atom. The van der Waals surface area contributed by atoms with Gasteiger partial charge in [-0.2, -0.15) is 0 Å². The molecule has 37 heavy (non-hydrogen) atoms. The predicted molar refractivity (Wildman–Crippen MR) is 145 cm³/mol. The van der Waals surface area contributed by atoms with Crippen LogP contribution in [0.25, 0.3) is 6.08 Å². The number of aromatic carboxylic acids is 1. The second kappa shape index (κ2) is 10.9. The number of hydrogen-bond acceptors (Lipinski definition) is 5. The van der Waals surface area contributed by atoms with Gasteiger partial charge in [-0.05, 0) is 97.9 Å². The Kier molecular flexibility index (Phi) is 7.82. The van der Waals surface area contributed by atoms with Crippen LogP contribution in [0.1, 0.15) is 27.0 Å². The summed E-state index contributed by atoms with van der Waals surface area (Å²) in [6.07, 6.45) is 1.38. The molecule has 188 valence electrons. The Labute approximate surface area is 233 Å². The fraction of sp³-hybridized carbons (Fsp3) is 0.0769. The van der Waals surface area contributed by atoms with E-state index in [2.05, 4.69) is 37.2 Å². The molecule has 0 spiro atoms. The zero-order valence-electron chi connectivity index (χ0n) is 19.1. The molecule has 1 heterocycles. The van der Waals surface area contributed by atoms with Crippen molar-refractivity contribution in [2.45, 2.75) is 13.5 Å². The quantitative estimate of drug-likeness (QED) is 0.246. The molecule has 2 N–H and O–H groups in total. The molecule has 3 aromatic carbocycles. The van der Waals surface area contributed by atoms with E-state index in [1.54, 1.807) is 43.3 Å². The lowest BCUT2D eigenvalue weighted by Gasteiger charge is -2.27. The van der Waals surface area contributed by atoms with Gasteiger partial charge >= 0.3 is 12.0 Å². The Bertz CT molecular complexity index is 1460. The van der Waals surface area contributed by atoms with Crippen molar-refractivity contribution in [1.29, 1.82) is 0 Å². The predicted octanol–water partition coefficient (Wildman–Crippen LogP) is 6.12. The lowest BCUT2D eigenvalue weighted by molar-refractivity contribution is -0.122. The van der Waals surface area contributed by atoms with Gasteiger partial charge in [0.05, 0.1) is 20.2 Å². The molecule has 0 atom stereocenters. The number of ether oxygens (including phenoxy) is 1. The number of carboxylic acids is 1. The third-order valence-corrected chi connectivity index (χ3v) is 6.84. The van der Waals surface area contributed by atoms with Gasteiger partial charge in [0.1, 0.15) is 17.9 Å². The minimum Gasteiger partial charge on any atom is -0.487 e. The molecule has 4 rings (SSSR count). The molecular formula is C26H17Br2ClN2O6. The van der Waals surface area contributed by atoms with Crippen LogP contribution in [0.4, 0.5) is 10.5 Å². The van der Waals surface area contributed by atoms with E-state index >= 15 is 0 Å². The van der Waals surface area contributed by atoms with Gasteiger partial charge in [-0.25, -0.2) is 14.5 Å². The average molecular weight is 649 g/mol. The third kappa shape index (κ3) is 5.76. The number of nitrogens with one attached hydrogen (secondary N) is 1. The minimum absolute atomic E-state index is 0.175. The molecule has 0 radical (unpaired) electrons. The summed E-state index contributed by atoms with van der Waals surface area (Å²) in [5, 5.41) is 11.6. The maximum atomic E-state index is 13.2. The van der Waals surface area contributed by atoms with Crippen molar-refractivity contribution in [1.82, 2.24) is 5.32 Å². The van der Waals surface area contributed by atoms with Gasteiger partial charge in [0.2, 0.25) is 0 Å². The zero-order chi connectivity index (χ0) is 26.9. The fourth-order valence-electron chi connectivity index (χ4n) is 3.57. The number of hydrogen-bond donors (Lipinski definition) is 2. The van der Waals surface area contributed by atoms with E-state index in [1.807, 2.05) is 0 Å². The maximum absolute atomic E-state index is 13.2. The molecule has 1 fully saturated rings. The maximum Gasteiger partial charge on any atom is 0.335 e. The first-order chi connectivity index (χ1) is 17.5. The molecule has 0 aliphatic carbocycles. The Morgan fingerprint density at radius 2 is 1.70 bits per heavy atom. The lowest BCUT2D eigenvalue weighted by Crippen LogP contribution is -2.54. The van der Waals surface area contributed by atoms with E-state index in [1.165, 1.54) is 24.3 Å². The second-order valence-electron chi connectivity index (χ2n) is 7.99. The van der Waals surface area contributed by atoms with Crippen LogP contribution in [-0.2, 0) is 16.2 Å². The van der Waals surface area contributed by atoms with Gasteiger partial charge in [-0.1, -0.05) is 29.8 Å². The number of carbonyl (C=O) groups excluding carboxylic acids is 3. The van der Waals surface area contributed by atoms with E-state index in [9.17, 15) is 19.2 Å². The monoisotopic (exact) mass is 646 g/mol. The van der Waals surface area contributed by atoms with Crippen molar-refractivity contribution < 1.29 is 29.0 Å². The number of barbiturate groups is 1. The zero-order valence-corrected chi connectivity index (χ0v) is 23.0. The van der Waals surface area contributed by atoms with Crippen LogP contribution in [-0.4, -0.2) is 28.9 Å². The number of halogens is 3. The summed E-state index contributed by atoms with van der Waals surface area (Å²) < 4.78 is 6.96. The summed E-state index contributed by atoms with van der Waals surface area (Å²) in [5.74, 6) is -2.14. The van der Waals surface area contributed by atoms with E-state index < -0.39 is 23.8 Å². The standard InChI is InChI=1S/C26H17Br2ClN2O6/c1-13-2-7-17(29)11-21(13)31-24(33)18(23(32)30-26(31)36)8-15-9-19(27)22(20(28)10-15)37-12-14-3-5-16(6-4-14)25(34)35/h2-11H,12H2,1H3,(H,34,35)(H,30,32,36)/b18-8+. The van der Waals surface area contributed by atoms with Crippen molar-refractivity contribution in [3.05, 3.63) is 96.4 Å². The molecule has 3 aromatic rings. The molecule has 0 saturated carbocycles. The van der Waals surface area contributed by atoms with Crippen molar-refractivity contribution in [3.63, 3.8) is 0 Å². The van der Waals surface area contributed by atoms with Crippen LogP contribution in [0.3, 0.4) is 0 Å². The SMILES string of the molecule is Cc1ccc(Cl)cc1N1C(=O)NC(=O)/C(=C\c2cc(Br)c(OCc3ccc(C(=O)O)cc3)c(Br)c2)C1=O. The van der Waals surface area contributed by atoms with Crippen molar-refractivity contribution in [3.8, 4) is 5.75 Å². The second-order valence-corrected chi connectivity index (χ2v) is 10.1. The number of carboxylic acid groups (broad SMARTS) is 1. The number of anilines is 1. The van der Waals surface area contributed by atoms with Crippen LogP contribution in [0.2, 0.25) is 5.02 Å². The van der Waals surface area contributed by atoms with Crippen molar-refractivity contribution >= 4 is 79.0 Å². The van der Waals surface area contributed by atoms with Crippen LogP contribution < -0.4 is 15.0 Å². The molecule has 1 aliphatic rings. The van der Waals surface area contributed by atoms with E-state index in [-0.39, 0.29) is 23.4 Å². The summed E-state index contributed by atoms with van der Waals surface area (Å²) in [6, 6.07) is 13.6. The van der Waals surface area contributed by atoms with Crippen LogP contribution >= 0.6 is 43.5 Å². The first-order valence-electron chi connectivity index (χ1n) is 10.7. The number of benzene rings is 3. The van der Waals surface area contributed by atoms with Crippen molar-refractivity contribution in [2.24, 2.45) is 0 Å². The van der Waals surface area contributed by atoms with E-state index in [4.69, 9.17) is 21.4 Å². The molecule has 8 nitrogen and oxygen atoms in total. The number of urea groups is 1. The Morgan fingerprint density at radius 1 is 1.05 bits per heavy atom. The van der Waals surface area contributed by atoms with Gasteiger partial charge in [-0.15, -0.1) is 0 Å². The highest BCUT2D eigenvalue weighted by atomic mass is 79.9. The summed E-state index contributed by atoms with van der Waals surface area (Å²) in [7, 11) is 0. The lowest BCUT2D eigenvalue weighted by atomic mass is 10.1. The van der Waals surface area contributed by atoms with Crippen LogP contribution in [0, 0.1) is 6.92 Å². The number of amides is 4. The van der Waals surface area contributed by atoms with E-state index in [0.29, 0.717) is 30.8 Å². The topological polar surface area (TPSA) is 113 Å². The molecule has 11 heteroatoms. The number of aryl methyl sites for hydroxylation is 1. The summed E-state index contributed by atoms with van der Waals surface area (Å²) in [5.41, 5.74) is 2.11. The first kappa shape index (κ1) is 26.6. The van der Waals surface area contributed by atoms with E-state index in [0.717, 1.165) is 10.5 Å². The summed E-state index contributed by atoms with van der Waals surface area (Å²) in [4.78, 5) is 50.2.